The lowest BCUT2D eigenvalue weighted by atomic mass is 10.2. The molecule has 0 aromatic rings. The number of ether oxygens (including phenoxy) is 1. The van der Waals surface area contributed by atoms with Crippen molar-refractivity contribution in [2.24, 2.45) is 5.73 Å². The summed E-state index contributed by atoms with van der Waals surface area (Å²) in [6.45, 7) is 0. The first-order valence-corrected chi connectivity index (χ1v) is 3.93. The quantitative estimate of drug-likeness (QED) is 0.627. The molecule has 1 rings (SSSR count). The molecule has 0 amide bonds. The van der Waals surface area contributed by atoms with E-state index < -0.39 is 0 Å². The van der Waals surface area contributed by atoms with E-state index in [1.807, 2.05) is 0 Å². The zero-order valence-electron chi connectivity index (χ0n) is 6.22. The molecule has 0 radical (unpaired) electrons. The van der Waals surface area contributed by atoms with Crippen molar-refractivity contribution in [1.82, 2.24) is 0 Å². The van der Waals surface area contributed by atoms with Crippen LogP contribution in [-0.4, -0.2) is 17.7 Å². The van der Waals surface area contributed by atoms with Crippen LogP contribution >= 0.6 is 12.2 Å². The molecule has 1 aliphatic carbocycles. The van der Waals surface area contributed by atoms with Gasteiger partial charge in [-0.1, -0.05) is 12.2 Å². The van der Waals surface area contributed by atoms with Crippen LogP contribution in [0.2, 0.25) is 0 Å². The van der Waals surface area contributed by atoms with Gasteiger partial charge in [-0.3, -0.25) is 0 Å². The van der Waals surface area contributed by atoms with Crippen LogP contribution in [0.25, 0.3) is 0 Å². The first-order chi connectivity index (χ1) is 4.68. The Balaban J connectivity index is 2.19. The second-order valence-electron chi connectivity index (χ2n) is 2.85. The zero-order valence-corrected chi connectivity index (χ0v) is 7.04. The van der Waals surface area contributed by atoms with E-state index in [9.17, 15) is 0 Å². The Labute approximate surface area is 66.7 Å². The Kier molecular flexibility index (Phi) is 2.26. The van der Waals surface area contributed by atoms with Gasteiger partial charge in [0.15, 0.2) is 0 Å². The molecule has 58 valence electrons. The number of nitrogens with two attached hydrogens (primary N) is 1. The van der Waals surface area contributed by atoms with Gasteiger partial charge in [0.1, 0.15) is 0 Å². The van der Waals surface area contributed by atoms with Gasteiger partial charge >= 0.3 is 0 Å². The second-order valence-corrected chi connectivity index (χ2v) is 3.38. The summed E-state index contributed by atoms with van der Waals surface area (Å²) in [6, 6.07) is 0. The van der Waals surface area contributed by atoms with Crippen molar-refractivity contribution in [2.75, 3.05) is 7.11 Å². The average Bonchev–Trinajstić information content (AvgIpc) is 2.64. The van der Waals surface area contributed by atoms with Crippen LogP contribution in [0.3, 0.4) is 0 Å². The fraction of sp³-hybridized carbons (Fsp3) is 0.857. The number of rotatable bonds is 4. The van der Waals surface area contributed by atoms with E-state index >= 15 is 0 Å². The highest BCUT2D eigenvalue weighted by Gasteiger charge is 2.42. The molecular weight excluding hydrogens is 146 g/mol. The van der Waals surface area contributed by atoms with Crippen LogP contribution < -0.4 is 5.73 Å². The van der Waals surface area contributed by atoms with Crippen LogP contribution in [0.4, 0.5) is 0 Å². The molecule has 2 nitrogen and oxygen atoms in total. The first-order valence-electron chi connectivity index (χ1n) is 3.52. The summed E-state index contributed by atoms with van der Waals surface area (Å²) in [7, 11) is 1.76. The number of methoxy groups -OCH3 is 1. The third kappa shape index (κ3) is 1.92. The molecule has 1 saturated carbocycles. The van der Waals surface area contributed by atoms with Gasteiger partial charge in [0, 0.05) is 13.5 Å². The molecule has 0 bridgehead atoms. The molecule has 0 heterocycles. The van der Waals surface area contributed by atoms with Crippen molar-refractivity contribution in [3.63, 3.8) is 0 Å². The van der Waals surface area contributed by atoms with Crippen LogP contribution in [0.5, 0.6) is 0 Å². The minimum atomic E-state index is 0.156. The SMILES string of the molecule is COC1(CCC(N)=S)CC1. The maximum Gasteiger partial charge on any atom is 0.0728 e. The highest BCUT2D eigenvalue weighted by atomic mass is 32.1. The van der Waals surface area contributed by atoms with Gasteiger partial charge < -0.3 is 10.5 Å². The van der Waals surface area contributed by atoms with E-state index in [4.69, 9.17) is 22.7 Å². The van der Waals surface area contributed by atoms with Crippen molar-refractivity contribution < 1.29 is 4.74 Å². The summed E-state index contributed by atoms with van der Waals surface area (Å²) in [4.78, 5) is 0.600. The molecule has 1 aliphatic rings. The molecule has 0 aromatic carbocycles. The first kappa shape index (κ1) is 7.95. The molecule has 0 saturated heterocycles. The molecule has 1 fully saturated rings. The van der Waals surface area contributed by atoms with Gasteiger partial charge in [-0.15, -0.1) is 0 Å². The van der Waals surface area contributed by atoms with Crippen molar-refractivity contribution in [3.8, 4) is 0 Å². The maximum absolute atomic E-state index is 5.36. The summed E-state index contributed by atoms with van der Waals surface area (Å²) >= 11 is 4.76. The Morgan fingerprint density at radius 1 is 1.70 bits per heavy atom. The zero-order chi connectivity index (χ0) is 7.61. The molecule has 10 heavy (non-hydrogen) atoms. The molecule has 0 aromatic heterocycles. The molecule has 2 N–H and O–H groups in total. The standard InChI is InChI=1S/C7H13NOS/c1-9-7(4-5-7)3-2-6(8)10/h2-5H2,1H3,(H2,8,10). The smallest absolute Gasteiger partial charge is 0.0728 e. The summed E-state index contributed by atoms with van der Waals surface area (Å²) in [6.07, 6.45) is 4.17. The van der Waals surface area contributed by atoms with E-state index in [0.29, 0.717) is 4.99 Å². The van der Waals surface area contributed by atoms with Crippen molar-refractivity contribution in [2.45, 2.75) is 31.3 Å². The molecule has 0 spiro atoms. The molecule has 0 unspecified atom stereocenters. The van der Waals surface area contributed by atoms with Crippen LogP contribution in [0, 0.1) is 0 Å². The monoisotopic (exact) mass is 159 g/mol. The van der Waals surface area contributed by atoms with Gasteiger partial charge in [0.2, 0.25) is 0 Å². The van der Waals surface area contributed by atoms with Gasteiger partial charge in [0.25, 0.3) is 0 Å². The molecule has 3 heteroatoms. The van der Waals surface area contributed by atoms with Crippen molar-refractivity contribution >= 4 is 17.2 Å². The fourth-order valence-electron chi connectivity index (χ4n) is 1.05. The summed E-state index contributed by atoms with van der Waals surface area (Å²) in [5.74, 6) is 0. The van der Waals surface area contributed by atoms with Crippen molar-refractivity contribution in [3.05, 3.63) is 0 Å². The lowest BCUT2D eigenvalue weighted by Gasteiger charge is -2.11. The summed E-state index contributed by atoms with van der Waals surface area (Å²) in [5.41, 5.74) is 5.51. The summed E-state index contributed by atoms with van der Waals surface area (Å²) in [5, 5.41) is 0. The van der Waals surface area contributed by atoms with E-state index in [2.05, 4.69) is 0 Å². The Morgan fingerprint density at radius 3 is 2.60 bits per heavy atom. The minimum absolute atomic E-state index is 0.156. The molecule has 0 atom stereocenters. The van der Waals surface area contributed by atoms with E-state index in [-0.39, 0.29) is 5.60 Å². The van der Waals surface area contributed by atoms with Crippen molar-refractivity contribution in [1.29, 1.82) is 0 Å². The Bertz CT molecular complexity index is 143. The third-order valence-electron chi connectivity index (χ3n) is 2.07. The number of thiocarbonyl (C=S) groups is 1. The number of hydrogen-bond donors (Lipinski definition) is 1. The average molecular weight is 159 g/mol. The predicted octanol–water partition coefficient (Wildman–Crippen LogP) is 1.23. The number of hydrogen-bond acceptors (Lipinski definition) is 2. The van der Waals surface area contributed by atoms with Crippen LogP contribution in [0.1, 0.15) is 25.7 Å². The molecule has 0 aliphatic heterocycles. The van der Waals surface area contributed by atoms with E-state index in [1.54, 1.807) is 7.11 Å². The lowest BCUT2D eigenvalue weighted by Crippen LogP contribution is -2.16. The molecular formula is C7H13NOS. The Hall–Kier alpha value is -0.150. The maximum atomic E-state index is 5.36. The normalized spacial score (nSPS) is 20.5. The minimum Gasteiger partial charge on any atom is -0.393 e. The predicted molar refractivity (Wildman–Crippen MR) is 45.0 cm³/mol. The largest absolute Gasteiger partial charge is 0.393 e. The van der Waals surface area contributed by atoms with Gasteiger partial charge in [0.05, 0.1) is 10.6 Å². The van der Waals surface area contributed by atoms with Gasteiger partial charge in [-0.25, -0.2) is 0 Å². The van der Waals surface area contributed by atoms with Crippen LogP contribution in [0.15, 0.2) is 0 Å². The van der Waals surface area contributed by atoms with E-state index in [1.165, 1.54) is 12.8 Å². The third-order valence-corrected chi connectivity index (χ3v) is 2.27. The fourth-order valence-corrected chi connectivity index (χ4v) is 1.15. The van der Waals surface area contributed by atoms with Crippen LogP contribution in [-0.2, 0) is 4.74 Å². The van der Waals surface area contributed by atoms with E-state index in [0.717, 1.165) is 12.8 Å². The highest BCUT2D eigenvalue weighted by molar-refractivity contribution is 7.80. The lowest BCUT2D eigenvalue weighted by molar-refractivity contribution is 0.0747. The van der Waals surface area contributed by atoms with Gasteiger partial charge in [-0.05, 0) is 19.3 Å². The second kappa shape index (κ2) is 2.84. The van der Waals surface area contributed by atoms with Gasteiger partial charge in [-0.2, -0.15) is 0 Å². The Morgan fingerprint density at radius 2 is 2.30 bits per heavy atom. The highest BCUT2D eigenvalue weighted by Crippen LogP contribution is 2.42. The topological polar surface area (TPSA) is 35.2 Å². The summed E-state index contributed by atoms with van der Waals surface area (Å²) < 4.78 is 5.28.